The van der Waals surface area contributed by atoms with Crippen LogP contribution in [-0.2, 0) is 28.3 Å². The first-order valence-electron chi connectivity index (χ1n) is 5.62. The van der Waals surface area contributed by atoms with E-state index in [4.69, 9.17) is 0 Å². The molecule has 0 unspecified atom stereocenters. The molecular formula is C12H10F6O3. The summed E-state index contributed by atoms with van der Waals surface area (Å²) in [5.74, 6) is -2.71. The molecule has 0 radical (unpaired) electrons. The Morgan fingerprint density at radius 2 is 1.71 bits per heavy atom. The molecule has 0 aliphatic rings. The van der Waals surface area contributed by atoms with Gasteiger partial charge in [0, 0.05) is 0 Å². The van der Waals surface area contributed by atoms with Gasteiger partial charge in [-0.1, -0.05) is 0 Å². The number of esters is 1. The number of alkyl halides is 6. The number of hydrogen-bond acceptors (Lipinski definition) is 3. The first-order valence-corrected chi connectivity index (χ1v) is 5.62. The molecule has 0 aromatic heterocycles. The molecule has 0 fully saturated rings. The maximum atomic E-state index is 12.8. The normalized spacial score (nSPS) is 12.3. The first-order chi connectivity index (χ1) is 9.46. The van der Waals surface area contributed by atoms with Crippen LogP contribution < -0.4 is 0 Å². The van der Waals surface area contributed by atoms with Gasteiger partial charge in [0.2, 0.25) is 0 Å². The fraction of sp³-hybridized carbons (Fsp3) is 0.417. The van der Waals surface area contributed by atoms with Gasteiger partial charge in [-0.2, -0.15) is 26.3 Å². The molecule has 0 saturated carbocycles. The molecule has 1 aromatic carbocycles. The van der Waals surface area contributed by atoms with Crippen molar-refractivity contribution < 1.29 is 41.0 Å². The Morgan fingerprint density at radius 3 is 2.14 bits per heavy atom. The topological polar surface area (TPSA) is 46.5 Å². The number of rotatable bonds is 3. The summed E-state index contributed by atoms with van der Waals surface area (Å²) in [5.41, 5.74) is -4.15. The smallest absolute Gasteiger partial charge is 0.420 e. The quantitative estimate of drug-likeness (QED) is 0.685. The summed E-state index contributed by atoms with van der Waals surface area (Å²) in [6, 6.07) is 0.150. The Balaban J connectivity index is 3.40. The van der Waals surface area contributed by atoms with Crippen LogP contribution in [0.1, 0.15) is 23.6 Å². The highest BCUT2D eigenvalue weighted by atomic mass is 19.4. The Labute approximate surface area is 115 Å². The number of aromatic hydroxyl groups is 1. The van der Waals surface area contributed by atoms with Gasteiger partial charge in [0.25, 0.3) is 0 Å². The lowest BCUT2D eigenvalue weighted by molar-refractivity contribution is -0.145. The minimum Gasteiger partial charge on any atom is -0.507 e. The summed E-state index contributed by atoms with van der Waals surface area (Å²) in [4.78, 5) is 11.2. The van der Waals surface area contributed by atoms with Crippen LogP contribution in [0.4, 0.5) is 26.3 Å². The zero-order valence-corrected chi connectivity index (χ0v) is 10.6. The van der Waals surface area contributed by atoms with Crippen molar-refractivity contribution in [1.82, 2.24) is 0 Å². The molecule has 1 rings (SSSR count). The van der Waals surface area contributed by atoms with E-state index in [2.05, 4.69) is 4.74 Å². The van der Waals surface area contributed by atoms with Crippen molar-refractivity contribution in [3.63, 3.8) is 0 Å². The number of carbonyl (C=O) groups excluding carboxylic acids is 1. The lowest BCUT2D eigenvalue weighted by Gasteiger charge is -2.17. The fourth-order valence-corrected chi connectivity index (χ4v) is 1.68. The van der Waals surface area contributed by atoms with Gasteiger partial charge in [-0.25, -0.2) is 0 Å². The second kappa shape index (κ2) is 5.82. The van der Waals surface area contributed by atoms with Crippen molar-refractivity contribution in [2.45, 2.75) is 25.7 Å². The third-order valence-corrected chi connectivity index (χ3v) is 2.45. The first kappa shape index (κ1) is 17.1. The van der Waals surface area contributed by atoms with E-state index in [1.165, 1.54) is 6.92 Å². The monoisotopic (exact) mass is 316 g/mol. The summed E-state index contributed by atoms with van der Waals surface area (Å²) in [7, 11) is 0. The van der Waals surface area contributed by atoms with Crippen LogP contribution in [0.2, 0.25) is 0 Å². The lowest BCUT2D eigenvalue weighted by Crippen LogP contribution is -2.17. The number of halogens is 6. The van der Waals surface area contributed by atoms with E-state index >= 15 is 0 Å². The van der Waals surface area contributed by atoms with E-state index in [1.54, 1.807) is 0 Å². The van der Waals surface area contributed by atoms with Crippen LogP contribution in [-0.4, -0.2) is 17.7 Å². The predicted molar refractivity (Wildman–Crippen MR) is 58.4 cm³/mol. The summed E-state index contributed by atoms with van der Waals surface area (Å²) in [6.07, 6.45) is -11.1. The Morgan fingerprint density at radius 1 is 1.14 bits per heavy atom. The minimum atomic E-state index is -5.10. The molecule has 0 spiro atoms. The molecular weight excluding hydrogens is 306 g/mol. The maximum absolute atomic E-state index is 12.8. The Kier molecular flexibility index (Phi) is 4.75. The van der Waals surface area contributed by atoms with Crippen LogP contribution in [0.25, 0.3) is 0 Å². The molecule has 1 aromatic rings. The highest BCUT2D eigenvalue weighted by Crippen LogP contribution is 2.42. The van der Waals surface area contributed by atoms with Gasteiger partial charge >= 0.3 is 18.3 Å². The van der Waals surface area contributed by atoms with Gasteiger partial charge in [-0.3, -0.25) is 4.79 Å². The average Bonchev–Trinajstić information content (AvgIpc) is 2.25. The Bertz CT molecular complexity index is 533. The summed E-state index contributed by atoms with van der Waals surface area (Å²) in [5, 5.41) is 9.24. The number of benzene rings is 1. The number of ether oxygens (including phenoxy) is 1. The molecule has 1 N–H and O–H groups in total. The van der Waals surface area contributed by atoms with E-state index in [9.17, 15) is 36.2 Å². The molecule has 21 heavy (non-hydrogen) atoms. The second-order valence-electron chi connectivity index (χ2n) is 4.01. The number of hydrogen-bond donors (Lipinski definition) is 1. The third-order valence-electron chi connectivity index (χ3n) is 2.45. The van der Waals surface area contributed by atoms with Gasteiger partial charge in [-0.05, 0) is 24.6 Å². The van der Waals surface area contributed by atoms with Gasteiger partial charge in [0.1, 0.15) is 11.3 Å². The standard InChI is InChI=1S/C12H10F6O3/c1-2-21-9(20)4-6-3-7(11(13,14)15)5-8(19)10(6)12(16,17)18/h3,5,19H,2,4H2,1H3. The molecule has 3 nitrogen and oxygen atoms in total. The molecule has 9 heteroatoms. The van der Waals surface area contributed by atoms with E-state index in [0.717, 1.165) is 0 Å². The second-order valence-corrected chi connectivity index (χ2v) is 4.01. The largest absolute Gasteiger partial charge is 0.507 e. The molecule has 0 heterocycles. The average molecular weight is 316 g/mol. The molecule has 118 valence electrons. The van der Waals surface area contributed by atoms with Crippen LogP contribution in [0.3, 0.4) is 0 Å². The van der Waals surface area contributed by atoms with Gasteiger partial charge in [0.05, 0.1) is 18.6 Å². The van der Waals surface area contributed by atoms with E-state index < -0.39 is 47.2 Å². The molecule has 0 saturated heterocycles. The third kappa shape index (κ3) is 4.27. The lowest BCUT2D eigenvalue weighted by atomic mass is 9.99. The maximum Gasteiger partial charge on any atom is 0.420 e. The SMILES string of the molecule is CCOC(=O)Cc1cc(C(F)(F)F)cc(O)c1C(F)(F)F. The van der Waals surface area contributed by atoms with Gasteiger partial charge in [0.15, 0.2) is 0 Å². The predicted octanol–water partition coefficient (Wildman–Crippen LogP) is 3.54. The van der Waals surface area contributed by atoms with Gasteiger partial charge < -0.3 is 9.84 Å². The van der Waals surface area contributed by atoms with E-state index in [-0.39, 0.29) is 18.7 Å². The number of carbonyl (C=O) groups is 1. The van der Waals surface area contributed by atoms with Crippen molar-refractivity contribution in [2.75, 3.05) is 6.61 Å². The van der Waals surface area contributed by atoms with Crippen molar-refractivity contribution in [3.8, 4) is 5.75 Å². The van der Waals surface area contributed by atoms with Crippen molar-refractivity contribution >= 4 is 5.97 Å². The molecule has 0 amide bonds. The Hall–Kier alpha value is -1.93. The zero-order chi connectivity index (χ0) is 16.4. The minimum absolute atomic E-state index is 0.0303. The molecule has 0 atom stereocenters. The molecule has 0 aliphatic heterocycles. The highest BCUT2D eigenvalue weighted by molar-refractivity contribution is 5.73. The summed E-state index contributed by atoms with van der Waals surface area (Å²) < 4.78 is 80.4. The van der Waals surface area contributed by atoms with Crippen LogP contribution in [0.15, 0.2) is 12.1 Å². The van der Waals surface area contributed by atoms with Gasteiger partial charge in [-0.15, -0.1) is 0 Å². The zero-order valence-electron chi connectivity index (χ0n) is 10.6. The van der Waals surface area contributed by atoms with E-state index in [0.29, 0.717) is 0 Å². The van der Waals surface area contributed by atoms with Crippen molar-refractivity contribution in [3.05, 3.63) is 28.8 Å². The fourth-order valence-electron chi connectivity index (χ4n) is 1.68. The number of phenolic OH excluding ortho intramolecular Hbond substituents is 1. The van der Waals surface area contributed by atoms with Crippen LogP contribution >= 0.6 is 0 Å². The summed E-state index contributed by atoms with van der Waals surface area (Å²) in [6.45, 7) is 1.26. The van der Waals surface area contributed by atoms with Crippen molar-refractivity contribution in [1.29, 1.82) is 0 Å². The van der Waals surface area contributed by atoms with E-state index in [1.807, 2.05) is 0 Å². The van der Waals surface area contributed by atoms with Crippen LogP contribution in [0, 0.1) is 0 Å². The molecule has 0 aliphatic carbocycles. The highest BCUT2D eigenvalue weighted by Gasteiger charge is 2.40. The number of phenols is 1. The van der Waals surface area contributed by atoms with Crippen molar-refractivity contribution in [2.24, 2.45) is 0 Å². The van der Waals surface area contributed by atoms with Crippen LogP contribution in [0.5, 0.6) is 5.75 Å². The summed E-state index contributed by atoms with van der Waals surface area (Å²) >= 11 is 0. The molecule has 0 bridgehead atoms.